The minimum atomic E-state index is -0.0118. The standard InChI is InChI=1S/C10H16N6/c1-15-6-9(13-7-15)8(14-11)5-10-12-3-4-16(10)2/h3-4,6-8,14H,5,11H2,1-2H3. The van der Waals surface area contributed by atoms with Crippen LogP contribution < -0.4 is 11.3 Å². The van der Waals surface area contributed by atoms with Crippen molar-refractivity contribution in [2.75, 3.05) is 0 Å². The number of imidazole rings is 2. The van der Waals surface area contributed by atoms with E-state index in [1.165, 1.54) is 0 Å². The van der Waals surface area contributed by atoms with Crippen molar-refractivity contribution in [1.29, 1.82) is 0 Å². The fraction of sp³-hybridized carbons (Fsp3) is 0.400. The molecule has 2 rings (SSSR count). The van der Waals surface area contributed by atoms with Crippen LogP contribution in [0.15, 0.2) is 24.9 Å². The van der Waals surface area contributed by atoms with Gasteiger partial charge in [0.25, 0.3) is 0 Å². The Morgan fingerprint density at radius 2 is 2.25 bits per heavy atom. The van der Waals surface area contributed by atoms with Crippen LogP contribution in [0.3, 0.4) is 0 Å². The van der Waals surface area contributed by atoms with Gasteiger partial charge in [0, 0.05) is 39.1 Å². The average Bonchev–Trinajstić information content (AvgIpc) is 2.85. The predicted octanol–water partition coefficient (Wildman–Crippen LogP) is -0.0993. The number of aryl methyl sites for hydroxylation is 2. The maximum Gasteiger partial charge on any atom is 0.110 e. The molecule has 0 saturated heterocycles. The van der Waals surface area contributed by atoms with Gasteiger partial charge < -0.3 is 9.13 Å². The summed E-state index contributed by atoms with van der Waals surface area (Å²) in [6, 6.07) is -0.0118. The van der Waals surface area contributed by atoms with Crippen LogP contribution in [-0.4, -0.2) is 19.1 Å². The van der Waals surface area contributed by atoms with Crippen LogP contribution in [0, 0.1) is 0 Å². The van der Waals surface area contributed by atoms with Crippen molar-refractivity contribution in [2.24, 2.45) is 19.9 Å². The highest BCUT2D eigenvalue weighted by Crippen LogP contribution is 2.14. The van der Waals surface area contributed by atoms with Crippen LogP contribution in [0.1, 0.15) is 17.6 Å². The van der Waals surface area contributed by atoms with Crippen LogP contribution in [0.2, 0.25) is 0 Å². The minimum absolute atomic E-state index is 0.0118. The molecule has 16 heavy (non-hydrogen) atoms. The molecule has 3 N–H and O–H groups in total. The number of hydrazine groups is 1. The fourth-order valence-corrected chi connectivity index (χ4v) is 1.64. The summed E-state index contributed by atoms with van der Waals surface area (Å²) < 4.78 is 3.88. The molecule has 86 valence electrons. The number of rotatable bonds is 4. The van der Waals surface area contributed by atoms with Crippen molar-refractivity contribution in [1.82, 2.24) is 24.5 Å². The molecule has 0 fully saturated rings. The molecule has 0 bridgehead atoms. The predicted molar refractivity (Wildman–Crippen MR) is 60.2 cm³/mol. The lowest BCUT2D eigenvalue weighted by Gasteiger charge is -2.12. The van der Waals surface area contributed by atoms with E-state index < -0.39 is 0 Å². The molecule has 0 saturated carbocycles. The Morgan fingerprint density at radius 3 is 2.75 bits per heavy atom. The Bertz CT molecular complexity index is 457. The summed E-state index contributed by atoms with van der Waals surface area (Å²) >= 11 is 0. The molecule has 2 aromatic heterocycles. The third kappa shape index (κ3) is 2.12. The van der Waals surface area contributed by atoms with E-state index in [0.717, 1.165) is 17.9 Å². The second kappa shape index (κ2) is 4.46. The number of hydrogen-bond acceptors (Lipinski definition) is 4. The van der Waals surface area contributed by atoms with Crippen LogP contribution in [0.5, 0.6) is 0 Å². The van der Waals surface area contributed by atoms with E-state index in [-0.39, 0.29) is 6.04 Å². The van der Waals surface area contributed by atoms with Crippen molar-refractivity contribution in [3.63, 3.8) is 0 Å². The molecule has 2 aromatic rings. The molecule has 2 heterocycles. The highest BCUT2D eigenvalue weighted by molar-refractivity contribution is 5.07. The summed E-state index contributed by atoms with van der Waals surface area (Å²) in [6.45, 7) is 0. The smallest absolute Gasteiger partial charge is 0.110 e. The number of nitrogens with zero attached hydrogens (tertiary/aromatic N) is 4. The van der Waals surface area contributed by atoms with Gasteiger partial charge in [0.15, 0.2) is 0 Å². The molecule has 0 aliphatic rings. The van der Waals surface area contributed by atoms with Crippen molar-refractivity contribution < 1.29 is 0 Å². The van der Waals surface area contributed by atoms with E-state index in [0.29, 0.717) is 0 Å². The first-order valence-electron chi connectivity index (χ1n) is 5.11. The molecule has 0 amide bonds. The van der Waals surface area contributed by atoms with E-state index in [4.69, 9.17) is 5.84 Å². The Balaban J connectivity index is 2.15. The molecule has 0 aliphatic carbocycles. The van der Waals surface area contributed by atoms with Gasteiger partial charge >= 0.3 is 0 Å². The highest BCUT2D eigenvalue weighted by atomic mass is 15.2. The number of hydrogen-bond donors (Lipinski definition) is 2. The Hall–Kier alpha value is -1.66. The molecular formula is C10H16N6. The van der Waals surface area contributed by atoms with Gasteiger partial charge in [0.1, 0.15) is 5.82 Å². The maximum atomic E-state index is 5.54. The Morgan fingerprint density at radius 1 is 1.44 bits per heavy atom. The zero-order valence-electron chi connectivity index (χ0n) is 9.46. The normalized spacial score (nSPS) is 12.9. The zero-order chi connectivity index (χ0) is 11.5. The largest absolute Gasteiger partial charge is 0.340 e. The molecule has 1 unspecified atom stereocenters. The van der Waals surface area contributed by atoms with E-state index in [9.17, 15) is 0 Å². The lowest BCUT2D eigenvalue weighted by atomic mass is 10.1. The summed E-state index contributed by atoms with van der Waals surface area (Å²) in [6.07, 6.45) is 8.13. The summed E-state index contributed by atoms with van der Waals surface area (Å²) in [4.78, 5) is 8.55. The fourth-order valence-electron chi connectivity index (χ4n) is 1.64. The molecule has 0 aromatic carbocycles. The van der Waals surface area contributed by atoms with Gasteiger partial charge in [-0.15, -0.1) is 0 Å². The van der Waals surface area contributed by atoms with Gasteiger partial charge in [-0.25, -0.2) is 9.97 Å². The summed E-state index contributed by atoms with van der Waals surface area (Å²) in [5.41, 5.74) is 3.69. The molecular weight excluding hydrogens is 204 g/mol. The van der Waals surface area contributed by atoms with Crippen LogP contribution in [-0.2, 0) is 20.5 Å². The van der Waals surface area contributed by atoms with E-state index in [2.05, 4.69) is 15.4 Å². The third-order valence-electron chi connectivity index (χ3n) is 2.59. The molecule has 0 aliphatic heterocycles. The number of nitrogens with one attached hydrogen (secondary N) is 1. The summed E-state index contributed by atoms with van der Waals surface area (Å²) in [5.74, 6) is 6.52. The zero-order valence-corrected chi connectivity index (χ0v) is 9.46. The summed E-state index contributed by atoms with van der Waals surface area (Å²) in [7, 11) is 3.90. The first-order valence-corrected chi connectivity index (χ1v) is 5.11. The van der Waals surface area contributed by atoms with Crippen LogP contribution in [0.4, 0.5) is 0 Å². The first kappa shape index (κ1) is 10.8. The minimum Gasteiger partial charge on any atom is -0.340 e. The SMILES string of the molecule is Cn1cnc(C(Cc2nccn2C)NN)c1. The van der Waals surface area contributed by atoms with Gasteiger partial charge in [0.2, 0.25) is 0 Å². The number of aromatic nitrogens is 4. The molecule has 6 heteroatoms. The van der Waals surface area contributed by atoms with Gasteiger partial charge in [-0.2, -0.15) is 0 Å². The Labute approximate surface area is 94.1 Å². The molecule has 1 atom stereocenters. The van der Waals surface area contributed by atoms with E-state index in [1.54, 1.807) is 12.5 Å². The van der Waals surface area contributed by atoms with Crippen molar-refractivity contribution in [3.8, 4) is 0 Å². The van der Waals surface area contributed by atoms with Crippen LogP contribution >= 0.6 is 0 Å². The quantitative estimate of drug-likeness (QED) is 0.557. The van der Waals surface area contributed by atoms with Gasteiger partial charge in [-0.3, -0.25) is 11.3 Å². The van der Waals surface area contributed by atoms with Crippen molar-refractivity contribution in [3.05, 3.63) is 36.4 Å². The first-order chi connectivity index (χ1) is 7.70. The maximum absolute atomic E-state index is 5.54. The van der Waals surface area contributed by atoms with Gasteiger partial charge in [0.05, 0.1) is 18.1 Å². The second-order valence-corrected chi connectivity index (χ2v) is 3.84. The topological polar surface area (TPSA) is 73.7 Å². The lowest BCUT2D eigenvalue weighted by molar-refractivity contribution is 0.520. The van der Waals surface area contributed by atoms with Gasteiger partial charge in [-0.1, -0.05) is 0 Å². The lowest BCUT2D eigenvalue weighted by Crippen LogP contribution is -2.30. The second-order valence-electron chi connectivity index (χ2n) is 3.84. The Kier molecular flexibility index (Phi) is 3.02. The monoisotopic (exact) mass is 220 g/mol. The van der Waals surface area contributed by atoms with E-state index >= 15 is 0 Å². The van der Waals surface area contributed by atoms with E-state index in [1.807, 2.05) is 35.6 Å². The van der Waals surface area contributed by atoms with Crippen molar-refractivity contribution >= 4 is 0 Å². The molecule has 6 nitrogen and oxygen atoms in total. The third-order valence-corrected chi connectivity index (χ3v) is 2.59. The van der Waals surface area contributed by atoms with Crippen LogP contribution in [0.25, 0.3) is 0 Å². The molecule has 0 spiro atoms. The molecule has 0 radical (unpaired) electrons. The highest BCUT2D eigenvalue weighted by Gasteiger charge is 2.15. The van der Waals surface area contributed by atoms with Gasteiger partial charge in [-0.05, 0) is 0 Å². The van der Waals surface area contributed by atoms with Crippen molar-refractivity contribution in [2.45, 2.75) is 12.5 Å². The average molecular weight is 220 g/mol. The summed E-state index contributed by atoms with van der Waals surface area (Å²) in [5, 5.41) is 0. The number of nitrogens with two attached hydrogens (primary N) is 1.